The van der Waals surface area contributed by atoms with E-state index in [1.54, 1.807) is 0 Å². The van der Waals surface area contributed by atoms with Gasteiger partial charge in [0.15, 0.2) is 11.0 Å². The molecule has 1 N–H and O–H groups in total. The maximum atomic E-state index is 12.6. The molecule has 1 heterocycles. The fourth-order valence-electron chi connectivity index (χ4n) is 3.13. The number of hydrogen-bond acceptors (Lipinski definition) is 6. The van der Waals surface area contributed by atoms with Crippen molar-refractivity contribution in [1.29, 1.82) is 0 Å². The van der Waals surface area contributed by atoms with Crippen molar-refractivity contribution in [2.45, 2.75) is 5.16 Å². The van der Waals surface area contributed by atoms with Crippen LogP contribution in [0, 0.1) is 0 Å². The molecular weight excluding hydrogens is 460 g/mol. The first-order chi connectivity index (χ1) is 16.1. The molecule has 0 aliphatic carbocycles. The molecular formula is C24H19ClN4O3S. The highest BCUT2D eigenvalue weighted by Crippen LogP contribution is 2.28. The van der Waals surface area contributed by atoms with Crippen molar-refractivity contribution in [1.82, 2.24) is 14.8 Å². The zero-order valence-corrected chi connectivity index (χ0v) is 19.1. The number of thioether (sulfide) groups is 1. The minimum Gasteiger partial charge on any atom is -0.465 e. The second-order valence-corrected chi connectivity index (χ2v) is 8.22. The number of ether oxygens (including phenoxy) is 1. The van der Waals surface area contributed by atoms with Crippen molar-refractivity contribution in [3.63, 3.8) is 0 Å². The number of hydrogen-bond donors (Lipinski definition) is 1. The molecule has 1 aromatic heterocycles. The van der Waals surface area contributed by atoms with Gasteiger partial charge < -0.3 is 10.1 Å². The van der Waals surface area contributed by atoms with Crippen LogP contribution in [-0.4, -0.2) is 39.5 Å². The van der Waals surface area contributed by atoms with Crippen LogP contribution in [-0.2, 0) is 9.53 Å². The average molecular weight is 479 g/mol. The molecule has 9 heteroatoms. The minimum absolute atomic E-state index is 0.0680. The quantitative estimate of drug-likeness (QED) is 0.293. The molecule has 1 amide bonds. The van der Waals surface area contributed by atoms with Crippen LogP contribution in [0.5, 0.6) is 0 Å². The fraction of sp³-hybridized carbons (Fsp3) is 0.0833. The number of rotatable bonds is 7. The summed E-state index contributed by atoms with van der Waals surface area (Å²) in [4.78, 5) is 24.4. The summed E-state index contributed by atoms with van der Waals surface area (Å²) in [7, 11) is 1.29. The summed E-state index contributed by atoms with van der Waals surface area (Å²) in [5, 5.41) is 12.3. The van der Waals surface area contributed by atoms with E-state index in [-0.39, 0.29) is 11.7 Å². The SMILES string of the molecule is COC(=O)c1ccc(Cl)c(NC(=O)CSc2nnc(-c3ccccc3)n2-c2ccccc2)c1. The van der Waals surface area contributed by atoms with E-state index in [0.717, 1.165) is 11.3 Å². The monoisotopic (exact) mass is 478 g/mol. The van der Waals surface area contributed by atoms with Gasteiger partial charge in [-0.15, -0.1) is 10.2 Å². The Bertz CT molecular complexity index is 1280. The molecule has 0 fully saturated rings. The molecule has 0 bridgehead atoms. The van der Waals surface area contributed by atoms with Crippen LogP contribution in [0.1, 0.15) is 10.4 Å². The fourth-order valence-corrected chi connectivity index (χ4v) is 4.05. The second kappa shape index (κ2) is 10.3. The summed E-state index contributed by atoms with van der Waals surface area (Å²) >= 11 is 7.43. The van der Waals surface area contributed by atoms with Gasteiger partial charge in [0, 0.05) is 11.3 Å². The van der Waals surface area contributed by atoms with E-state index in [4.69, 9.17) is 16.3 Å². The number of nitrogens with zero attached hydrogens (tertiary/aromatic N) is 3. The van der Waals surface area contributed by atoms with Gasteiger partial charge in [0.1, 0.15) is 0 Å². The molecule has 33 heavy (non-hydrogen) atoms. The van der Waals surface area contributed by atoms with E-state index in [0.29, 0.717) is 27.3 Å². The Morgan fingerprint density at radius 1 is 1.00 bits per heavy atom. The lowest BCUT2D eigenvalue weighted by Gasteiger charge is -2.11. The first-order valence-corrected chi connectivity index (χ1v) is 11.3. The smallest absolute Gasteiger partial charge is 0.337 e. The van der Waals surface area contributed by atoms with Crippen molar-refractivity contribution in [2.24, 2.45) is 0 Å². The first-order valence-electron chi connectivity index (χ1n) is 9.93. The van der Waals surface area contributed by atoms with Crippen molar-refractivity contribution < 1.29 is 14.3 Å². The Morgan fingerprint density at radius 3 is 2.39 bits per heavy atom. The Labute approximate surface area is 199 Å². The number of benzene rings is 3. The summed E-state index contributed by atoms with van der Waals surface area (Å²) in [6, 6.07) is 24.0. The second-order valence-electron chi connectivity index (χ2n) is 6.87. The van der Waals surface area contributed by atoms with Gasteiger partial charge in [-0.25, -0.2) is 4.79 Å². The van der Waals surface area contributed by atoms with Crippen molar-refractivity contribution in [3.05, 3.63) is 89.4 Å². The highest BCUT2D eigenvalue weighted by atomic mass is 35.5. The summed E-state index contributed by atoms with van der Waals surface area (Å²) in [6.45, 7) is 0. The standard InChI is InChI=1S/C24H19ClN4O3S/c1-32-23(31)17-12-13-19(25)20(14-17)26-21(30)15-33-24-28-27-22(16-8-4-2-5-9-16)29(24)18-10-6-3-7-11-18/h2-14H,15H2,1H3,(H,26,30). The van der Waals surface area contributed by atoms with Crippen LogP contribution in [0.25, 0.3) is 17.1 Å². The third-order valence-corrected chi connectivity index (χ3v) is 5.93. The van der Waals surface area contributed by atoms with Gasteiger partial charge in [-0.05, 0) is 30.3 Å². The normalized spacial score (nSPS) is 10.6. The van der Waals surface area contributed by atoms with E-state index < -0.39 is 5.97 Å². The number of nitrogens with one attached hydrogen (secondary N) is 1. The van der Waals surface area contributed by atoms with Gasteiger partial charge in [-0.2, -0.15) is 0 Å². The molecule has 0 aliphatic rings. The summed E-state index contributed by atoms with van der Waals surface area (Å²) in [5.74, 6) is -0.0642. The van der Waals surface area contributed by atoms with E-state index in [2.05, 4.69) is 15.5 Å². The van der Waals surface area contributed by atoms with Crippen LogP contribution < -0.4 is 5.32 Å². The molecule has 0 unspecified atom stereocenters. The van der Waals surface area contributed by atoms with Gasteiger partial charge in [-0.1, -0.05) is 71.9 Å². The lowest BCUT2D eigenvalue weighted by Crippen LogP contribution is -2.15. The van der Waals surface area contributed by atoms with E-state index in [9.17, 15) is 9.59 Å². The predicted octanol–water partition coefficient (Wildman–Crippen LogP) is 5.11. The zero-order chi connectivity index (χ0) is 23.2. The third-order valence-electron chi connectivity index (χ3n) is 4.67. The molecule has 0 spiro atoms. The summed E-state index contributed by atoms with van der Waals surface area (Å²) in [5.41, 5.74) is 2.43. The van der Waals surface area contributed by atoms with Crippen LogP contribution in [0.2, 0.25) is 5.02 Å². The number of methoxy groups -OCH3 is 1. The lowest BCUT2D eigenvalue weighted by atomic mass is 10.2. The highest BCUT2D eigenvalue weighted by Gasteiger charge is 2.18. The largest absolute Gasteiger partial charge is 0.465 e. The Kier molecular flexibility index (Phi) is 7.07. The van der Waals surface area contributed by atoms with Gasteiger partial charge in [0.25, 0.3) is 0 Å². The van der Waals surface area contributed by atoms with Crippen molar-refractivity contribution in [2.75, 3.05) is 18.2 Å². The third kappa shape index (κ3) is 5.24. The average Bonchev–Trinajstić information content (AvgIpc) is 3.28. The van der Waals surface area contributed by atoms with Crippen LogP contribution in [0.15, 0.2) is 84.0 Å². The molecule has 0 radical (unpaired) electrons. The van der Waals surface area contributed by atoms with E-state index in [1.165, 1.54) is 37.1 Å². The molecule has 0 atom stereocenters. The number of halogens is 1. The first kappa shape index (κ1) is 22.6. The predicted molar refractivity (Wildman–Crippen MR) is 129 cm³/mol. The number of amides is 1. The maximum absolute atomic E-state index is 12.6. The topological polar surface area (TPSA) is 86.1 Å². The number of anilines is 1. The van der Waals surface area contributed by atoms with Crippen molar-refractivity contribution in [3.8, 4) is 17.1 Å². The van der Waals surface area contributed by atoms with Gasteiger partial charge >= 0.3 is 5.97 Å². The molecule has 7 nitrogen and oxygen atoms in total. The maximum Gasteiger partial charge on any atom is 0.337 e. The number of carbonyl (C=O) groups is 2. The van der Waals surface area contributed by atoms with Gasteiger partial charge in [0.05, 0.1) is 29.1 Å². The number of carbonyl (C=O) groups excluding carboxylic acids is 2. The molecule has 4 rings (SSSR count). The number of aromatic nitrogens is 3. The van der Waals surface area contributed by atoms with Crippen LogP contribution in [0.3, 0.4) is 0 Å². The van der Waals surface area contributed by atoms with Crippen LogP contribution in [0.4, 0.5) is 5.69 Å². The summed E-state index contributed by atoms with van der Waals surface area (Å²) in [6.07, 6.45) is 0. The molecule has 0 saturated heterocycles. The lowest BCUT2D eigenvalue weighted by molar-refractivity contribution is -0.113. The van der Waals surface area contributed by atoms with E-state index in [1.807, 2.05) is 65.2 Å². The minimum atomic E-state index is -0.513. The van der Waals surface area contributed by atoms with Crippen molar-refractivity contribution >= 4 is 40.9 Å². The molecule has 166 valence electrons. The number of esters is 1. The summed E-state index contributed by atoms with van der Waals surface area (Å²) < 4.78 is 6.63. The highest BCUT2D eigenvalue weighted by molar-refractivity contribution is 7.99. The molecule has 4 aromatic rings. The van der Waals surface area contributed by atoms with Gasteiger partial charge in [-0.3, -0.25) is 9.36 Å². The van der Waals surface area contributed by atoms with Gasteiger partial charge in [0.2, 0.25) is 5.91 Å². The molecule has 0 aliphatic heterocycles. The van der Waals surface area contributed by atoms with Crippen LogP contribution >= 0.6 is 23.4 Å². The zero-order valence-electron chi connectivity index (χ0n) is 17.6. The molecule has 3 aromatic carbocycles. The Morgan fingerprint density at radius 2 is 1.70 bits per heavy atom. The Hall–Kier alpha value is -3.62. The van der Waals surface area contributed by atoms with E-state index >= 15 is 0 Å². The Balaban J connectivity index is 1.55. The molecule has 0 saturated carbocycles. The number of para-hydroxylation sites is 1.